The number of fused-ring (bicyclic) bond motifs is 14. The van der Waals surface area contributed by atoms with Crippen LogP contribution < -0.4 is 20.8 Å². The molecule has 5 nitrogen and oxygen atoms in total. The molecular weight excluding hydrogens is 880 g/mol. The second kappa shape index (κ2) is 14.6. The standard InChI is InChI=1S/C66H59BN2O3/c1-63(2,3)40-22-27-42(28-23-40)68-53-35-47-44-18-14-15-19-54(44)71-61(47)58-48-33-45-46-34-50-51(66(9,10)31-30-65(50,7)8)36-56(46)70-57(45)37-52(48)69(43-25-20-39(21-26-43)38-16-12-11-13-17-38)67(59(53)58)62-60(68)49-32-41(64(4,5)6)24-29-55(49)72-62/h11-29,32-37H,30-31H2,1-10H3. The van der Waals surface area contributed by atoms with E-state index in [-0.39, 0.29) is 28.5 Å². The predicted molar refractivity (Wildman–Crippen MR) is 303 cm³/mol. The van der Waals surface area contributed by atoms with Gasteiger partial charge >= 0.3 is 6.85 Å². The van der Waals surface area contributed by atoms with E-state index in [1.165, 1.54) is 27.8 Å². The highest BCUT2D eigenvalue weighted by molar-refractivity contribution is 6.93. The predicted octanol–water partition coefficient (Wildman–Crippen LogP) is 17.6. The fourth-order valence-corrected chi connectivity index (χ4v) is 12.6. The quantitative estimate of drug-likeness (QED) is 0.165. The van der Waals surface area contributed by atoms with Crippen molar-refractivity contribution in [3.05, 3.63) is 174 Å². The summed E-state index contributed by atoms with van der Waals surface area (Å²) in [5.41, 5.74) is 21.7. The average Bonchev–Trinajstić information content (AvgIpc) is 4.05. The van der Waals surface area contributed by atoms with Gasteiger partial charge < -0.3 is 23.0 Å². The van der Waals surface area contributed by atoms with Crippen molar-refractivity contribution in [3.8, 4) is 22.3 Å². The molecule has 72 heavy (non-hydrogen) atoms. The van der Waals surface area contributed by atoms with Crippen molar-refractivity contribution in [2.45, 2.75) is 104 Å². The Labute approximate surface area is 422 Å². The smallest absolute Gasteiger partial charge is 0.376 e. The van der Waals surface area contributed by atoms with E-state index >= 15 is 0 Å². The molecule has 354 valence electrons. The van der Waals surface area contributed by atoms with Crippen LogP contribution in [0.4, 0.5) is 28.4 Å². The molecule has 0 atom stereocenters. The molecule has 11 aromatic rings. The van der Waals surface area contributed by atoms with Crippen molar-refractivity contribution in [1.29, 1.82) is 0 Å². The van der Waals surface area contributed by atoms with Gasteiger partial charge in [0.15, 0.2) is 0 Å². The molecule has 8 aromatic carbocycles. The van der Waals surface area contributed by atoms with Crippen LogP contribution in [0.25, 0.3) is 77.1 Å². The van der Waals surface area contributed by atoms with Gasteiger partial charge in [0.2, 0.25) is 0 Å². The van der Waals surface area contributed by atoms with Crippen molar-refractivity contribution in [2.75, 3.05) is 9.71 Å². The van der Waals surface area contributed by atoms with E-state index in [0.717, 1.165) is 124 Å². The summed E-state index contributed by atoms with van der Waals surface area (Å²) in [6.45, 7) is 22.9. The number of anilines is 5. The zero-order valence-electron chi connectivity index (χ0n) is 43.0. The number of furan rings is 3. The molecule has 1 aliphatic carbocycles. The normalized spacial score (nSPS) is 15.9. The molecule has 0 radical (unpaired) electrons. The van der Waals surface area contributed by atoms with Crippen molar-refractivity contribution in [2.24, 2.45) is 0 Å². The number of rotatable bonds is 3. The lowest BCUT2D eigenvalue weighted by molar-refractivity contribution is 0.332. The maximum Gasteiger partial charge on any atom is 0.376 e. The summed E-state index contributed by atoms with van der Waals surface area (Å²) >= 11 is 0. The highest BCUT2D eigenvalue weighted by Crippen LogP contribution is 2.55. The summed E-state index contributed by atoms with van der Waals surface area (Å²) in [6.07, 6.45) is 2.28. The van der Waals surface area contributed by atoms with Crippen molar-refractivity contribution < 1.29 is 13.3 Å². The molecule has 0 fully saturated rings. The van der Waals surface area contributed by atoms with Gasteiger partial charge in [0.05, 0.1) is 5.69 Å². The lowest BCUT2D eigenvalue weighted by Gasteiger charge is -2.43. The van der Waals surface area contributed by atoms with Gasteiger partial charge in [0, 0.05) is 66.9 Å². The van der Waals surface area contributed by atoms with Crippen LogP contribution >= 0.6 is 0 Å². The first-order valence-electron chi connectivity index (χ1n) is 25.9. The largest absolute Gasteiger partial charge is 0.466 e. The van der Waals surface area contributed by atoms with Crippen LogP contribution in [-0.4, -0.2) is 6.85 Å². The van der Waals surface area contributed by atoms with Crippen LogP contribution in [0.2, 0.25) is 0 Å². The first-order chi connectivity index (χ1) is 34.4. The minimum Gasteiger partial charge on any atom is -0.466 e. The number of hydrogen-bond acceptors (Lipinski definition) is 5. The Morgan fingerprint density at radius 2 is 1.08 bits per heavy atom. The molecule has 3 aliphatic rings. The summed E-state index contributed by atoms with van der Waals surface area (Å²) in [6, 6.07) is 56.3. The molecule has 0 bridgehead atoms. The number of para-hydroxylation sites is 1. The van der Waals surface area contributed by atoms with E-state index in [2.05, 4.69) is 231 Å². The van der Waals surface area contributed by atoms with Crippen molar-refractivity contribution in [1.82, 2.24) is 0 Å². The molecule has 2 aliphatic heterocycles. The lowest BCUT2D eigenvalue weighted by atomic mass is 9.45. The summed E-state index contributed by atoms with van der Waals surface area (Å²) in [4.78, 5) is 5.03. The van der Waals surface area contributed by atoms with Crippen LogP contribution in [0.5, 0.6) is 0 Å². The third-order valence-electron chi connectivity index (χ3n) is 16.8. The highest BCUT2D eigenvalue weighted by atomic mass is 16.3. The Morgan fingerprint density at radius 1 is 0.472 bits per heavy atom. The fourth-order valence-electron chi connectivity index (χ4n) is 12.6. The minimum atomic E-state index is -0.385. The van der Waals surface area contributed by atoms with Crippen LogP contribution in [0.15, 0.2) is 165 Å². The highest BCUT2D eigenvalue weighted by Gasteiger charge is 2.50. The molecule has 0 saturated heterocycles. The van der Waals surface area contributed by atoms with Crippen LogP contribution in [0.3, 0.4) is 0 Å². The molecule has 14 rings (SSSR count). The summed E-state index contributed by atoms with van der Waals surface area (Å²) < 4.78 is 21.8. The van der Waals surface area contributed by atoms with E-state index in [1.54, 1.807) is 0 Å². The van der Waals surface area contributed by atoms with Gasteiger partial charge in [-0.2, -0.15) is 0 Å². The third kappa shape index (κ3) is 6.20. The maximum absolute atomic E-state index is 7.46. The molecule has 3 aromatic heterocycles. The van der Waals surface area contributed by atoms with Gasteiger partial charge in [-0.3, -0.25) is 0 Å². The first-order valence-corrected chi connectivity index (χ1v) is 25.9. The van der Waals surface area contributed by atoms with Crippen molar-refractivity contribution >= 4 is 101 Å². The first kappa shape index (κ1) is 43.4. The summed E-state index contributed by atoms with van der Waals surface area (Å²) in [5, 5.41) is 5.53. The van der Waals surface area contributed by atoms with E-state index in [0.29, 0.717) is 0 Å². The number of hydrogen-bond donors (Lipinski definition) is 0. The molecule has 6 heteroatoms. The monoisotopic (exact) mass is 938 g/mol. The topological polar surface area (TPSA) is 45.9 Å². The molecule has 0 saturated carbocycles. The molecule has 0 unspecified atom stereocenters. The van der Waals surface area contributed by atoms with Crippen molar-refractivity contribution in [3.63, 3.8) is 0 Å². The zero-order valence-corrected chi connectivity index (χ0v) is 43.0. The maximum atomic E-state index is 7.46. The Balaban J connectivity index is 1.13. The Bertz CT molecular complexity index is 4060. The fraction of sp³-hybridized carbons (Fsp3) is 0.242. The van der Waals surface area contributed by atoms with E-state index in [1.807, 2.05) is 0 Å². The van der Waals surface area contributed by atoms with Gasteiger partial charge in [-0.15, -0.1) is 0 Å². The SMILES string of the molecule is CC(C)(C)c1ccc(N2c3cc4c(oc5ccccc54)c4c3B(c3oc5ccc(C(C)(C)C)cc5c32)N(c2ccc(-c3ccccc3)cc2)c2cc3oc5cc6c(cc5c3cc2-4)C(C)(C)CCC6(C)C)cc1. The molecular formula is C66H59BN2O3. The zero-order chi connectivity index (χ0) is 49.4. The van der Waals surface area contributed by atoms with Crippen LogP contribution in [0, 0.1) is 0 Å². The minimum absolute atomic E-state index is 0.0114. The van der Waals surface area contributed by atoms with Crippen LogP contribution in [-0.2, 0) is 21.7 Å². The average molecular weight is 939 g/mol. The van der Waals surface area contributed by atoms with E-state index in [9.17, 15) is 0 Å². The Hall–Kier alpha value is -7.44. The van der Waals surface area contributed by atoms with Gasteiger partial charge in [-0.1, -0.05) is 148 Å². The van der Waals surface area contributed by atoms with E-state index in [4.69, 9.17) is 13.3 Å². The molecule has 0 spiro atoms. The van der Waals surface area contributed by atoms with Gasteiger partial charge in [-0.05, 0) is 140 Å². The number of benzene rings is 8. The summed E-state index contributed by atoms with van der Waals surface area (Å²) in [5.74, 6) is 0. The Morgan fingerprint density at radius 3 is 1.81 bits per heavy atom. The van der Waals surface area contributed by atoms with Gasteiger partial charge in [0.1, 0.15) is 33.6 Å². The second-order valence-electron chi connectivity index (χ2n) is 24.4. The third-order valence-corrected chi connectivity index (χ3v) is 16.8. The molecule has 0 amide bonds. The van der Waals surface area contributed by atoms with Crippen LogP contribution in [0.1, 0.15) is 104 Å². The molecule has 5 heterocycles. The van der Waals surface area contributed by atoms with Gasteiger partial charge in [-0.25, -0.2) is 0 Å². The molecule has 0 N–H and O–H groups in total. The lowest BCUT2D eigenvalue weighted by Crippen LogP contribution is -2.61. The van der Waals surface area contributed by atoms with E-state index < -0.39 is 0 Å². The summed E-state index contributed by atoms with van der Waals surface area (Å²) in [7, 11) is 0. The number of nitrogens with zero attached hydrogens (tertiary/aromatic N) is 2. The Kier molecular flexibility index (Phi) is 8.79. The van der Waals surface area contributed by atoms with Gasteiger partial charge in [0.25, 0.3) is 0 Å². The second-order valence-corrected chi connectivity index (χ2v) is 24.4.